The SMILES string of the molecule is Cc1nc(Br)cc(Sc2ccc(Cl)c(Cl)c2)n1. The van der Waals surface area contributed by atoms with Crippen molar-refractivity contribution in [2.45, 2.75) is 16.8 Å². The summed E-state index contributed by atoms with van der Waals surface area (Å²) < 4.78 is 0.771. The highest BCUT2D eigenvalue weighted by atomic mass is 79.9. The van der Waals surface area contributed by atoms with Gasteiger partial charge in [-0.15, -0.1) is 0 Å². The highest BCUT2D eigenvalue weighted by Crippen LogP contribution is 2.32. The standard InChI is InChI=1S/C11H7BrCl2N2S/c1-6-15-10(12)5-11(16-6)17-7-2-3-8(13)9(14)4-7/h2-5H,1H3. The molecule has 0 aliphatic rings. The van der Waals surface area contributed by atoms with Gasteiger partial charge in [-0.2, -0.15) is 0 Å². The number of aromatic nitrogens is 2. The minimum atomic E-state index is 0.543. The maximum absolute atomic E-state index is 5.96. The first-order valence-electron chi connectivity index (χ1n) is 4.69. The Morgan fingerprint density at radius 1 is 1.12 bits per heavy atom. The van der Waals surface area contributed by atoms with Crippen LogP contribution in [-0.2, 0) is 0 Å². The van der Waals surface area contributed by atoms with Gasteiger partial charge in [0.25, 0.3) is 0 Å². The lowest BCUT2D eigenvalue weighted by molar-refractivity contribution is 0.951. The minimum absolute atomic E-state index is 0.543. The molecule has 1 aromatic carbocycles. The van der Waals surface area contributed by atoms with Gasteiger partial charge in [-0.05, 0) is 41.1 Å². The fraction of sp³-hybridized carbons (Fsp3) is 0.0909. The molecule has 0 aliphatic heterocycles. The van der Waals surface area contributed by atoms with Gasteiger partial charge in [-0.1, -0.05) is 35.0 Å². The first-order valence-corrected chi connectivity index (χ1v) is 7.05. The van der Waals surface area contributed by atoms with Crippen molar-refractivity contribution in [3.63, 3.8) is 0 Å². The second kappa shape index (κ2) is 5.57. The van der Waals surface area contributed by atoms with Crippen LogP contribution >= 0.6 is 50.9 Å². The number of rotatable bonds is 2. The molecule has 0 N–H and O–H groups in total. The topological polar surface area (TPSA) is 25.8 Å². The Morgan fingerprint density at radius 2 is 1.88 bits per heavy atom. The van der Waals surface area contributed by atoms with Crippen molar-refractivity contribution in [3.8, 4) is 0 Å². The molecule has 2 rings (SSSR count). The van der Waals surface area contributed by atoms with E-state index in [1.807, 2.05) is 25.1 Å². The number of nitrogens with zero attached hydrogens (tertiary/aromatic N) is 2. The molecule has 0 saturated heterocycles. The molecule has 88 valence electrons. The van der Waals surface area contributed by atoms with Crippen molar-refractivity contribution in [1.82, 2.24) is 9.97 Å². The van der Waals surface area contributed by atoms with Crippen LogP contribution in [0.5, 0.6) is 0 Å². The smallest absolute Gasteiger partial charge is 0.127 e. The Morgan fingerprint density at radius 3 is 2.53 bits per heavy atom. The Bertz CT molecular complexity index is 543. The van der Waals surface area contributed by atoms with Crippen molar-refractivity contribution >= 4 is 50.9 Å². The molecule has 0 aliphatic carbocycles. The molecular weight excluding hydrogens is 343 g/mol. The van der Waals surface area contributed by atoms with Crippen LogP contribution < -0.4 is 0 Å². The molecule has 0 atom stereocenters. The number of hydrogen-bond donors (Lipinski definition) is 0. The molecule has 0 amide bonds. The molecule has 0 unspecified atom stereocenters. The summed E-state index contributed by atoms with van der Waals surface area (Å²) in [5.41, 5.74) is 0. The lowest BCUT2D eigenvalue weighted by Crippen LogP contribution is -1.90. The predicted octanol–water partition coefficient (Wildman–Crippen LogP) is 5.01. The number of benzene rings is 1. The maximum atomic E-state index is 5.96. The molecule has 17 heavy (non-hydrogen) atoms. The first kappa shape index (κ1) is 13.1. The van der Waals surface area contributed by atoms with Crippen LogP contribution in [0.15, 0.2) is 38.8 Å². The molecule has 6 heteroatoms. The molecule has 1 aromatic heterocycles. The average molecular weight is 350 g/mol. The van der Waals surface area contributed by atoms with E-state index >= 15 is 0 Å². The van der Waals surface area contributed by atoms with Gasteiger partial charge in [0.05, 0.1) is 10.0 Å². The molecule has 2 aromatic rings. The Labute approximate surface area is 122 Å². The molecule has 1 heterocycles. The summed E-state index contributed by atoms with van der Waals surface area (Å²) in [4.78, 5) is 9.47. The van der Waals surface area contributed by atoms with Gasteiger partial charge in [0.2, 0.25) is 0 Å². The van der Waals surface area contributed by atoms with Gasteiger partial charge in [-0.3, -0.25) is 0 Å². The van der Waals surface area contributed by atoms with Crippen LogP contribution in [0.3, 0.4) is 0 Å². The largest absolute Gasteiger partial charge is 0.226 e. The van der Waals surface area contributed by atoms with Crippen LogP contribution in [0.25, 0.3) is 0 Å². The zero-order valence-electron chi connectivity index (χ0n) is 8.75. The van der Waals surface area contributed by atoms with Crippen LogP contribution in [0.4, 0.5) is 0 Å². The van der Waals surface area contributed by atoms with Gasteiger partial charge in [-0.25, -0.2) is 9.97 Å². The molecule has 0 spiro atoms. The molecule has 0 fully saturated rings. The monoisotopic (exact) mass is 348 g/mol. The van der Waals surface area contributed by atoms with Gasteiger partial charge in [0.1, 0.15) is 15.5 Å². The van der Waals surface area contributed by atoms with E-state index < -0.39 is 0 Å². The summed E-state index contributed by atoms with van der Waals surface area (Å²) in [6.07, 6.45) is 0. The van der Waals surface area contributed by atoms with Gasteiger partial charge >= 0.3 is 0 Å². The third-order valence-electron chi connectivity index (χ3n) is 1.90. The quantitative estimate of drug-likeness (QED) is 0.713. The average Bonchev–Trinajstić information content (AvgIpc) is 2.22. The van der Waals surface area contributed by atoms with Crippen LogP contribution in [-0.4, -0.2) is 9.97 Å². The van der Waals surface area contributed by atoms with E-state index in [1.165, 1.54) is 11.8 Å². The Balaban J connectivity index is 2.28. The van der Waals surface area contributed by atoms with Crippen molar-refractivity contribution < 1.29 is 0 Å². The van der Waals surface area contributed by atoms with Gasteiger partial charge in [0.15, 0.2) is 0 Å². The fourth-order valence-corrected chi connectivity index (χ4v) is 3.11. The Kier molecular flexibility index (Phi) is 4.31. The second-order valence-corrected chi connectivity index (χ2v) is 5.97. The highest BCUT2D eigenvalue weighted by Gasteiger charge is 2.04. The van der Waals surface area contributed by atoms with Crippen molar-refractivity contribution in [3.05, 3.63) is 44.7 Å². The van der Waals surface area contributed by atoms with E-state index in [9.17, 15) is 0 Å². The summed E-state index contributed by atoms with van der Waals surface area (Å²) in [5.74, 6) is 0.724. The fourth-order valence-electron chi connectivity index (χ4n) is 1.22. The summed E-state index contributed by atoms with van der Waals surface area (Å²) in [5, 5.41) is 1.96. The van der Waals surface area contributed by atoms with Crippen molar-refractivity contribution in [2.75, 3.05) is 0 Å². The number of halogens is 3. The van der Waals surface area contributed by atoms with E-state index in [0.717, 1.165) is 20.3 Å². The lowest BCUT2D eigenvalue weighted by atomic mass is 10.4. The van der Waals surface area contributed by atoms with Crippen LogP contribution in [0, 0.1) is 6.92 Å². The molecule has 0 radical (unpaired) electrons. The second-order valence-electron chi connectivity index (χ2n) is 3.25. The van der Waals surface area contributed by atoms with Crippen LogP contribution in [0.2, 0.25) is 10.0 Å². The summed E-state index contributed by atoms with van der Waals surface area (Å²) in [6, 6.07) is 7.36. The minimum Gasteiger partial charge on any atom is -0.226 e. The van der Waals surface area contributed by atoms with Gasteiger partial charge < -0.3 is 0 Å². The van der Waals surface area contributed by atoms with E-state index in [0.29, 0.717) is 10.0 Å². The van der Waals surface area contributed by atoms with E-state index in [1.54, 1.807) is 6.07 Å². The molecule has 0 bridgehead atoms. The van der Waals surface area contributed by atoms with Crippen molar-refractivity contribution in [1.29, 1.82) is 0 Å². The zero-order valence-corrected chi connectivity index (χ0v) is 12.7. The predicted molar refractivity (Wildman–Crippen MR) is 75.1 cm³/mol. The lowest BCUT2D eigenvalue weighted by Gasteiger charge is -2.04. The maximum Gasteiger partial charge on any atom is 0.127 e. The third kappa shape index (κ3) is 3.58. The summed E-state index contributed by atoms with van der Waals surface area (Å²) in [6.45, 7) is 1.85. The Hall–Kier alpha value is -0.290. The normalized spacial score (nSPS) is 10.6. The van der Waals surface area contributed by atoms with E-state index in [-0.39, 0.29) is 0 Å². The van der Waals surface area contributed by atoms with E-state index in [2.05, 4.69) is 25.9 Å². The molecular formula is C11H7BrCl2N2S. The molecule has 2 nitrogen and oxygen atoms in total. The van der Waals surface area contributed by atoms with Gasteiger partial charge in [0, 0.05) is 11.0 Å². The molecule has 0 saturated carbocycles. The van der Waals surface area contributed by atoms with Crippen molar-refractivity contribution in [2.24, 2.45) is 0 Å². The van der Waals surface area contributed by atoms with E-state index in [4.69, 9.17) is 23.2 Å². The number of hydrogen-bond acceptors (Lipinski definition) is 3. The zero-order chi connectivity index (χ0) is 12.4. The summed E-state index contributed by atoms with van der Waals surface area (Å²) >= 11 is 16.7. The van der Waals surface area contributed by atoms with Crippen LogP contribution in [0.1, 0.15) is 5.82 Å². The highest BCUT2D eigenvalue weighted by molar-refractivity contribution is 9.10. The summed E-state index contributed by atoms with van der Waals surface area (Å²) in [7, 11) is 0. The third-order valence-corrected chi connectivity index (χ3v) is 3.95. The number of aryl methyl sites for hydroxylation is 1. The first-order chi connectivity index (χ1) is 8.04.